The number of amides is 1. The van der Waals surface area contributed by atoms with E-state index in [1.54, 1.807) is 0 Å². The van der Waals surface area contributed by atoms with E-state index >= 15 is 0 Å². The molecule has 0 atom stereocenters. The van der Waals surface area contributed by atoms with Crippen LogP contribution in [-0.2, 0) is 16.1 Å². The monoisotopic (exact) mass is 399 g/mol. The smallest absolute Gasteiger partial charge is 0.359 e. The average Bonchev–Trinajstić information content (AvgIpc) is 2.71. The number of hydrogen-bond acceptors (Lipinski definition) is 5. The van der Waals surface area contributed by atoms with Gasteiger partial charge in [-0.25, -0.2) is 18.3 Å². The number of nitrogens with zero attached hydrogens (tertiary/aromatic N) is 2. The third-order valence-corrected chi connectivity index (χ3v) is 3.79. The Morgan fingerprint density at radius 2 is 1.76 bits per heavy atom. The van der Waals surface area contributed by atoms with Crippen LogP contribution in [0.2, 0.25) is 0 Å². The third-order valence-electron chi connectivity index (χ3n) is 3.79. The first-order valence-electron chi connectivity index (χ1n) is 8.46. The van der Waals surface area contributed by atoms with Gasteiger partial charge in [0.2, 0.25) is 0 Å². The van der Waals surface area contributed by atoms with Gasteiger partial charge in [0, 0.05) is 17.8 Å². The fraction of sp³-hybridized carbons (Fsp3) is 0.100. The predicted molar refractivity (Wildman–Crippen MR) is 99.3 cm³/mol. The largest absolute Gasteiger partial charge is 0.451 e. The van der Waals surface area contributed by atoms with Crippen LogP contribution in [-0.4, -0.2) is 28.3 Å². The fourth-order valence-corrected chi connectivity index (χ4v) is 2.40. The van der Waals surface area contributed by atoms with Gasteiger partial charge in [-0.15, -0.1) is 0 Å². The third kappa shape index (κ3) is 5.32. The molecule has 0 saturated heterocycles. The maximum absolute atomic E-state index is 13.1. The van der Waals surface area contributed by atoms with E-state index < -0.39 is 35.7 Å². The molecule has 1 aromatic heterocycles. The second-order valence-electron chi connectivity index (χ2n) is 5.95. The van der Waals surface area contributed by atoms with Crippen LogP contribution < -0.4 is 10.9 Å². The van der Waals surface area contributed by atoms with Crippen molar-refractivity contribution in [3.05, 3.63) is 93.9 Å². The number of benzene rings is 2. The Kier molecular flexibility index (Phi) is 6.08. The summed E-state index contributed by atoms with van der Waals surface area (Å²) in [7, 11) is 0. The molecule has 0 fully saturated rings. The van der Waals surface area contributed by atoms with E-state index in [0.29, 0.717) is 0 Å². The zero-order valence-corrected chi connectivity index (χ0v) is 15.0. The van der Waals surface area contributed by atoms with Crippen molar-refractivity contribution in [3.8, 4) is 0 Å². The molecular weight excluding hydrogens is 384 g/mol. The van der Waals surface area contributed by atoms with Gasteiger partial charge in [0.15, 0.2) is 23.9 Å². The molecule has 148 valence electrons. The van der Waals surface area contributed by atoms with E-state index in [0.717, 1.165) is 22.4 Å². The van der Waals surface area contributed by atoms with Gasteiger partial charge in [-0.1, -0.05) is 30.3 Å². The minimum atomic E-state index is -1.12. The molecule has 1 heterocycles. The van der Waals surface area contributed by atoms with Crippen LogP contribution in [0.1, 0.15) is 16.1 Å². The Labute approximate surface area is 163 Å². The Bertz CT molecular complexity index is 1100. The van der Waals surface area contributed by atoms with Gasteiger partial charge < -0.3 is 10.1 Å². The van der Waals surface area contributed by atoms with Crippen molar-refractivity contribution in [3.63, 3.8) is 0 Å². The summed E-state index contributed by atoms with van der Waals surface area (Å²) < 4.78 is 32.0. The van der Waals surface area contributed by atoms with Crippen LogP contribution in [0.15, 0.2) is 65.5 Å². The average molecular weight is 399 g/mol. The molecule has 0 unspecified atom stereocenters. The van der Waals surface area contributed by atoms with Gasteiger partial charge in [0.05, 0.1) is 6.54 Å². The summed E-state index contributed by atoms with van der Waals surface area (Å²) in [5, 5.41) is 6.23. The normalized spacial score (nSPS) is 10.4. The maximum Gasteiger partial charge on any atom is 0.359 e. The lowest BCUT2D eigenvalue weighted by molar-refractivity contribution is -0.119. The molecule has 0 spiro atoms. The van der Waals surface area contributed by atoms with Crippen molar-refractivity contribution in [1.82, 2.24) is 9.78 Å². The highest BCUT2D eigenvalue weighted by Crippen LogP contribution is 2.13. The molecule has 1 N–H and O–H groups in total. The Morgan fingerprint density at radius 3 is 2.48 bits per heavy atom. The maximum atomic E-state index is 13.1. The number of carbonyl (C=O) groups is 2. The zero-order chi connectivity index (χ0) is 20.8. The molecule has 9 heteroatoms. The predicted octanol–water partition coefficient (Wildman–Crippen LogP) is 2.37. The number of carbonyl (C=O) groups excluding carboxylic acids is 2. The Morgan fingerprint density at radius 1 is 1.00 bits per heavy atom. The fourth-order valence-electron chi connectivity index (χ4n) is 2.40. The molecule has 2 aromatic carbocycles. The van der Waals surface area contributed by atoms with Gasteiger partial charge in [-0.2, -0.15) is 5.10 Å². The minimum absolute atomic E-state index is 0.0134. The van der Waals surface area contributed by atoms with Crippen molar-refractivity contribution in [1.29, 1.82) is 0 Å². The van der Waals surface area contributed by atoms with Gasteiger partial charge in [0.25, 0.3) is 11.5 Å². The van der Waals surface area contributed by atoms with Crippen molar-refractivity contribution in [2.45, 2.75) is 6.54 Å². The molecule has 0 radical (unpaired) electrons. The number of hydrogen-bond donors (Lipinski definition) is 1. The summed E-state index contributed by atoms with van der Waals surface area (Å²) in [5.41, 5.74) is 0.278. The summed E-state index contributed by atoms with van der Waals surface area (Å²) in [4.78, 5) is 35.9. The van der Waals surface area contributed by atoms with E-state index in [1.807, 2.05) is 30.3 Å². The lowest BCUT2D eigenvalue weighted by atomic mass is 10.2. The number of nitrogens with one attached hydrogen (secondary N) is 1. The van der Waals surface area contributed by atoms with E-state index in [1.165, 1.54) is 18.2 Å². The zero-order valence-electron chi connectivity index (χ0n) is 15.0. The summed E-state index contributed by atoms with van der Waals surface area (Å²) in [5.74, 6) is -3.83. The summed E-state index contributed by atoms with van der Waals surface area (Å²) in [6, 6.07) is 14.3. The second-order valence-corrected chi connectivity index (χ2v) is 5.95. The Hall–Kier alpha value is -3.88. The molecule has 3 rings (SSSR count). The van der Waals surface area contributed by atoms with Crippen LogP contribution in [0, 0.1) is 11.6 Å². The highest BCUT2D eigenvalue weighted by molar-refractivity contribution is 5.94. The van der Waals surface area contributed by atoms with Gasteiger partial charge >= 0.3 is 5.97 Å². The first-order chi connectivity index (χ1) is 13.9. The number of esters is 1. The van der Waals surface area contributed by atoms with E-state index in [-0.39, 0.29) is 17.9 Å². The van der Waals surface area contributed by atoms with Crippen LogP contribution in [0.3, 0.4) is 0 Å². The number of halogens is 2. The lowest BCUT2D eigenvalue weighted by Gasteiger charge is -2.08. The van der Waals surface area contributed by atoms with E-state index in [9.17, 15) is 23.2 Å². The number of rotatable bonds is 6. The van der Waals surface area contributed by atoms with Crippen LogP contribution in [0.25, 0.3) is 0 Å². The number of ether oxygens (including phenoxy) is 1. The number of anilines is 1. The SMILES string of the molecule is O=C(COC(=O)c1ccc(=O)n(Cc2ccccc2)n1)Nc1ccc(F)c(F)c1. The van der Waals surface area contributed by atoms with Crippen molar-refractivity contribution in [2.75, 3.05) is 11.9 Å². The number of aromatic nitrogens is 2. The summed E-state index contributed by atoms with van der Waals surface area (Å²) in [6.45, 7) is -0.505. The Balaban J connectivity index is 1.61. The first kappa shape index (κ1) is 19.9. The lowest BCUT2D eigenvalue weighted by Crippen LogP contribution is -2.26. The topological polar surface area (TPSA) is 90.3 Å². The summed E-state index contributed by atoms with van der Waals surface area (Å²) >= 11 is 0. The molecular formula is C20H15F2N3O4. The second kappa shape index (κ2) is 8.87. The van der Waals surface area contributed by atoms with Gasteiger partial charge in [-0.05, 0) is 23.8 Å². The molecule has 29 heavy (non-hydrogen) atoms. The van der Waals surface area contributed by atoms with Crippen molar-refractivity contribution < 1.29 is 23.1 Å². The minimum Gasteiger partial charge on any atom is -0.451 e. The highest BCUT2D eigenvalue weighted by Gasteiger charge is 2.14. The molecule has 3 aromatic rings. The van der Waals surface area contributed by atoms with E-state index in [2.05, 4.69) is 10.4 Å². The molecule has 0 aliphatic rings. The molecule has 0 aliphatic carbocycles. The van der Waals surface area contributed by atoms with Crippen LogP contribution in [0.5, 0.6) is 0 Å². The van der Waals surface area contributed by atoms with Crippen molar-refractivity contribution in [2.24, 2.45) is 0 Å². The molecule has 0 aliphatic heterocycles. The van der Waals surface area contributed by atoms with E-state index in [4.69, 9.17) is 4.74 Å². The molecule has 7 nitrogen and oxygen atoms in total. The highest BCUT2D eigenvalue weighted by atomic mass is 19.2. The molecule has 1 amide bonds. The van der Waals surface area contributed by atoms with Crippen LogP contribution in [0.4, 0.5) is 14.5 Å². The standard InChI is InChI=1S/C20H15F2N3O4/c21-15-7-6-14(10-16(15)22)23-18(26)12-29-20(28)17-8-9-19(27)25(24-17)11-13-4-2-1-3-5-13/h1-10H,11-12H2,(H,23,26). The van der Waals surface area contributed by atoms with Gasteiger partial charge in [-0.3, -0.25) is 9.59 Å². The summed E-state index contributed by atoms with van der Waals surface area (Å²) in [6.07, 6.45) is 0. The van der Waals surface area contributed by atoms with Crippen molar-refractivity contribution >= 4 is 17.6 Å². The first-order valence-corrected chi connectivity index (χ1v) is 8.46. The van der Waals surface area contributed by atoms with Crippen LogP contribution >= 0.6 is 0 Å². The molecule has 0 bridgehead atoms. The quantitative estimate of drug-likeness (QED) is 0.643. The molecule has 0 saturated carbocycles. The van der Waals surface area contributed by atoms with Gasteiger partial charge in [0.1, 0.15) is 0 Å².